The smallest absolute Gasteiger partial charge is 0.336 e. The SMILES string of the molecule is O=C1Cc2oc(=O)cc(CC3CCCCCC3)c2C(=O)N1. The van der Waals surface area contributed by atoms with E-state index in [1.54, 1.807) is 0 Å². The van der Waals surface area contributed by atoms with E-state index in [1.807, 2.05) is 0 Å². The summed E-state index contributed by atoms with van der Waals surface area (Å²) in [5, 5.41) is 2.31. The number of fused-ring (bicyclic) bond motifs is 1. The van der Waals surface area contributed by atoms with Gasteiger partial charge in [-0.05, 0) is 17.9 Å². The monoisotopic (exact) mass is 289 g/mol. The Hall–Kier alpha value is -1.91. The third-order valence-electron chi connectivity index (χ3n) is 4.40. The number of rotatable bonds is 2. The molecule has 0 saturated heterocycles. The highest BCUT2D eigenvalue weighted by Gasteiger charge is 2.29. The summed E-state index contributed by atoms with van der Waals surface area (Å²) in [7, 11) is 0. The Morgan fingerprint density at radius 3 is 2.52 bits per heavy atom. The van der Waals surface area contributed by atoms with Crippen molar-refractivity contribution in [3.8, 4) is 0 Å². The average molecular weight is 289 g/mol. The second-order valence-corrected chi connectivity index (χ2v) is 6.00. The molecule has 1 fully saturated rings. The third-order valence-corrected chi connectivity index (χ3v) is 4.40. The van der Waals surface area contributed by atoms with Crippen LogP contribution in [0.2, 0.25) is 0 Å². The average Bonchev–Trinajstić information content (AvgIpc) is 2.65. The van der Waals surface area contributed by atoms with Gasteiger partial charge in [-0.3, -0.25) is 14.9 Å². The first-order chi connectivity index (χ1) is 10.1. The van der Waals surface area contributed by atoms with E-state index in [-0.39, 0.29) is 12.2 Å². The fraction of sp³-hybridized carbons (Fsp3) is 0.562. The standard InChI is InChI=1S/C16H19NO4/c18-13-9-12-15(16(20)17-13)11(8-14(19)21-12)7-10-5-3-1-2-4-6-10/h8,10H,1-7,9H2,(H,17,18,20). The van der Waals surface area contributed by atoms with Gasteiger partial charge in [0, 0.05) is 6.07 Å². The topological polar surface area (TPSA) is 76.4 Å². The molecule has 2 heterocycles. The maximum atomic E-state index is 12.0. The van der Waals surface area contributed by atoms with Crippen LogP contribution in [0.25, 0.3) is 0 Å². The lowest BCUT2D eigenvalue weighted by molar-refractivity contribution is -0.120. The number of imide groups is 1. The van der Waals surface area contributed by atoms with Crippen molar-refractivity contribution in [3.63, 3.8) is 0 Å². The summed E-state index contributed by atoms with van der Waals surface area (Å²) in [6.07, 6.45) is 7.90. The Bertz CT molecular complexity index is 624. The first kappa shape index (κ1) is 14.0. The molecule has 1 aliphatic heterocycles. The Labute approximate surface area is 122 Å². The van der Waals surface area contributed by atoms with Crippen molar-refractivity contribution < 1.29 is 14.0 Å². The molecule has 5 heteroatoms. The van der Waals surface area contributed by atoms with Gasteiger partial charge in [0.25, 0.3) is 5.91 Å². The molecule has 1 N–H and O–H groups in total. The molecule has 0 spiro atoms. The molecule has 1 aliphatic carbocycles. The summed E-state index contributed by atoms with van der Waals surface area (Å²) < 4.78 is 5.06. The van der Waals surface area contributed by atoms with Gasteiger partial charge in [-0.25, -0.2) is 4.79 Å². The van der Waals surface area contributed by atoms with Crippen LogP contribution in [0, 0.1) is 5.92 Å². The summed E-state index contributed by atoms with van der Waals surface area (Å²) in [6.45, 7) is 0. The number of amides is 2. The van der Waals surface area contributed by atoms with Gasteiger partial charge in [0.2, 0.25) is 5.91 Å². The lowest BCUT2D eigenvalue weighted by Gasteiger charge is -2.20. The highest BCUT2D eigenvalue weighted by Crippen LogP contribution is 2.28. The molecule has 0 bridgehead atoms. The minimum Gasteiger partial charge on any atom is -0.426 e. The van der Waals surface area contributed by atoms with E-state index in [0.29, 0.717) is 11.5 Å². The van der Waals surface area contributed by atoms with Crippen LogP contribution in [0.15, 0.2) is 15.3 Å². The van der Waals surface area contributed by atoms with Gasteiger partial charge in [0.05, 0.1) is 12.0 Å². The summed E-state index contributed by atoms with van der Waals surface area (Å²) in [4.78, 5) is 35.1. The van der Waals surface area contributed by atoms with Crippen LogP contribution in [0.3, 0.4) is 0 Å². The molecule has 0 atom stereocenters. The second-order valence-electron chi connectivity index (χ2n) is 6.00. The summed E-state index contributed by atoms with van der Waals surface area (Å²) >= 11 is 0. The number of carbonyl (C=O) groups is 2. The predicted octanol–water partition coefficient (Wildman–Crippen LogP) is 1.97. The highest BCUT2D eigenvalue weighted by molar-refractivity contribution is 6.09. The quantitative estimate of drug-likeness (QED) is 0.667. The molecule has 112 valence electrons. The van der Waals surface area contributed by atoms with Crippen molar-refractivity contribution >= 4 is 11.8 Å². The first-order valence-corrected chi connectivity index (χ1v) is 7.63. The van der Waals surface area contributed by atoms with Gasteiger partial charge in [-0.1, -0.05) is 38.5 Å². The molecule has 21 heavy (non-hydrogen) atoms. The Morgan fingerprint density at radius 2 is 1.81 bits per heavy atom. The summed E-state index contributed by atoms with van der Waals surface area (Å²) in [6, 6.07) is 1.42. The third kappa shape index (κ3) is 3.06. The molecule has 0 aromatic carbocycles. The largest absolute Gasteiger partial charge is 0.426 e. The molecule has 2 aliphatic rings. The van der Waals surface area contributed by atoms with E-state index in [1.165, 1.54) is 31.7 Å². The van der Waals surface area contributed by atoms with E-state index in [2.05, 4.69) is 5.32 Å². The zero-order valence-corrected chi connectivity index (χ0v) is 11.9. The fourth-order valence-corrected chi connectivity index (χ4v) is 3.41. The van der Waals surface area contributed by atoms with E-state index in [4.69, 9.17) is 4.42 Å². The number of hydrogen-bond donors (Lipinski definition) is 1. The molecule has 1 aromatic rings. The number of nitrogens with one attached hydrogen (secondary N) is 1. The van der Waals surface area contributed by atoms with E-state index in [9.17, 15) is 14.4 Å². The van der Waals surface area contributed by atoms with Crippen molar-refractivity contribution in [1.29, 1.82) is 0 Å². The van der Waals surface area contributed by atoms with Gasteiger partial charge >= 0.3 is 5.63 Å². The molecule has 3 rings (SSSR count). The first-order valence-electron chi connectivity index (χ1n) is 7.63. The van der Waals surface area contributed by atoms with Gasteiger partial charge in [0.15, 0.2) is 0 Å². The van der Waals surface area contributed by atoms with Crippen molar-refractivity contribution in [1.82, 2.24) is 5.32 Å². The van der Waals surface area contributed by atoms with E-state index in [0.717, 1.165) is 24.8 Å². The van der Waals surface area contributed by atoms with Crippen LogP contribution in [0.4, 0.5) is 0 Å². The van der Waals surface area contributed by atoms with Crippen LogP contribution < -0.4 is 10.9 Å². The number of hydrogen-bond acceptors (Lipinski definition) is 4. The maximum Gasteiger partial charge on any atom is 0.336 e. The highest BCUT2D eigenvalue weighted by atomic mass is 16.4. The molecule has 5 nitrogen and oxygen atoms in total. The maximum absolute atomic E-state index is 12.0. The molecule has 0 radical (unpaired) electrons. The van der Waals surface area contributed by atoms with Crippen molar-refractivity contribution in [2.75, 3.05) is 0 Å². The lowest BCUT2D eigenvalue weighted by Crippen LogP contribution is -2.39. The van der Waals surface area contributed by atoms with Gasteiger partial charge in [-0.2, -0.15) is 0 Å². The van der Waals surface area contributed by atoms with E-state index >= 15 is 0 Å². The van der Waals surface area contributed by atoms with Crippen LogP contribution in [-0.4, -0.2) is 11.8 Å². The van der Waals surface area contributed by atoms with Crippen molar-refractivity contribution in [2.45, 2.75) is 51.4 Å². The van der Waals surface area contributed by atoms with Gasteiger partial charge in [0.1, 0.15) is 5.76 Å². The molecule has 0 unspecified atom stereocenters. The van der Waals surface area contributed by atoms with Crippen LogP contribution in [0.1, 0.15) is 60.2 Å². The summed E-state index contributed by atoms with van der Waals surface area (Å²) in [5.41, 5.74) is 0.663. The molecule has 2 amide bonds. The molecule has 1 saturated carbocycles. The lowest BCUT2D eigenvalue weighted by atomic mass is 9.89. The van der Waals surface area contributed by atoms with Crippen LogP contribution >= 0.6 is 0 Å². The minimum atomic E-state index is -0.472. The predicted molar refractivity (Wildman–Crippen MR) is 76.1 cm³/mol. The van der Waals surface area contributed by atoms with Crippen molar-refractivity contribution in [3.05, 3.63) is 33.4 Å². The van der Waals surface area contributed by atoms with E-state index < -0.39 is 17.4 Å². The Balaban J connectivity index is 1.92. The Morgan fingerprint density at radius 1 is 1.10 bits per heavy atom. The fourth-order valence-electron chi connectivity index (χ4n) is 3.41. The molecular weight excluding hydrogens is 270 g/mol. The molecule has 1 aromatic heterocycles. The minimum absolute atomic E-state index is 0.0329. The van der Waals surface area contributed by atoms with Gasteiger partial charge < -0.3 is 4.42 Å². The van der Waals surface area contributed by atoms with Crippen LogP contribution in [-0.2, 0) is 17.6 Å². The second kappa shape index (κ2) is 5.84. The number of carbonyl (C=O) groups excluding carboxylic acids is 2. The zero-order chi connectivity index (χ0) is 14.8. The van der Waals surface area contributed by atoms with Crippen LogP contribution in [0.5, 0.6) is 0 Å². The normalized spacial score (nSPS) is 19.8. The zero-order valence-electron chi connectivity index (χ0n) is 11.9. The molecular formula is C16H19NO4. The Kier molecular flexibility index (Phi) is 3.90. The summed E-state index contributed by atoms with van der Waals surface area (Å²) in [5.74, 6) is -0.125. The van der Waals surface area contributed by atoms with Crippen molar-refractivity contribution in [2.24, 2.45) is 5.92 Å². The van der Waals surface area contributed by atoms with Gasteiger partial charge in [-0.15, -0.1) is 0 Å².